The van der Waals surface area contributed by atoms with Crippen molar-refractivity contribution in [1.82, 2.24) is 5.32 Å². The molecule has 1 aromatic carbocycles. The average Bonchev–Trinajstić information content (AvgIpc) is 3.03. The Labute approximate surface area is 132 Å². The number of benzene rings is 1. The predicted octanol–water partition coefficient (Wildman–Crippen LogP) is 3.51. The standard InChI is InChI=1S/C16H16N2O3S/c19-16(14-8-9-15(22-14)18(20)21)17-10-12-6-3-5-11-4-1-2-7-13(11)12/h1-2,4,7-9,12H,3,5-6,10H2,(H,17,19). The van der Waals surface area contributed by atoms with E-state index in [0.29, 0.717) is 17.3 Å². The zero-order valence-electron chi connectivity index (χ0n) is 12.0. The fourth-order valence-electron chi connectivity index (χ4n) is 2.92. The van der Waals surface area contributed by atoms with Gasteiger partial charge in [0.1, 0.15) is 0 Å². The molecule has 0 saturated heterocycles. The number of hydrogen-bond acceptors (Lipinski definition) is 4. The van der Waals surface area contributed by atoms with Crippen LogP contribution in [0.5, 0.6) is 0 Å². The van der Waals surface area contributed by atoms with Gasteiger partial charge in [0.25, 0.3) is 5.91 Å². The first-order valence-corrected chi connectivity index (χ1v) is 8.07. The van der Waals surface area contributed by atoms with Gasteiger partial charge >= 0.3 is 5.00 Å². The lowest BCUT2D eigenvalue weighted by atomic mass is 9.83. The van der Waals surface area contributed by atoms with Crippen molar-refractivity contribution in [2.45, 2.75) is 25.2 Å². The van der Waals surface area contributed by atoms with Crippen molar-refractivity contribution in [3.05, 3.63) is 62.5 Å². The van der Waals surface area contributed by atoms with Crippen LogP contribution in [0, 0.1) is 10.1 Å². The second-order valence-corrected chi connectivity index (χ2v) is 6.46. The summed E-state index contributed by atoms with van der Waals surface area (Å²) in [6.07, 6.45) is 3.28. The third-order valence-corrected chi connectivity index (χ3v) is 5.03. The fourth-order valence-corrected chi connectivity index (χ4v) is 3.65. The second-order valence-electron chi connectivity index (χ2n) is 5.39. The molecule has 1 N–H and O–H groups in total. The van der Waals surface area contributed by atoms with Gasteiger partial charge in [-0.1, -0.05) is 35.6 Å². The van der Waals surface area contributed by atoms with Gasteiger partial charge in [-0.05, 0) is 36.5 Å². The van der Waals surface area contributed by atoms with Crippen LogP contribution in [0.15, 0.2) is 36.4 Å². The largest absolute Gasteiger partial charge is 0.351 e. The molecular weight excluding hydrogens is 300 g/mol. The monoisotopic (exact) mass is 316 g/mol. The van der Waals surface area contributed by atoms with Crippen LogP contribution >= 0.6 is 11.3 Å². The van der Waals surface area contributed by atoms with E-state index in [9.17, 15) is 14.9 Å². The molecule has 1 unspecified atom stereocenters. The third-order valence-electron chi connectivity index (χ3n) is 4.00. The van der Waals surface area contributed by atoms with Gasteiger partial charge in [-0.3, -0.25) is 14.9 Å². The fraction of sp³-hybridized carbons (Fsp3) is 0.312. The number of nitrogens with one attached hydrogen (secondary N) is 1. The topological polar surface area (TPSA) is 72.2 Å². The number of nitrogens with zero attached hydrogens (tertiary/aromatic N) is 1. The Bertz CT molecular complexity index is 711. The Morgan fingerprint density at radius 2 is 2.14 bits per heavy atom. The molecule has 1 heterocycles. The van der Waals surface area contributed by atoms with Crippen molar-refractivity contribution in [3.8, 4) is 0 Å². The maximum Gasteiger partial charge on any atom is 0.324 e. The van der Waals surface area contributed by atoms with Crippen molar-refractivity contribution in [2.75, 3.05) is 6.54 Å². The highest BCUT2D eigenvalue weighted by Crippen LogP contribution is 2.31. The first-order valence-electron chi connectivity index (χ1n) is 7.25. The van der Waals surface area contributed by atoms with Crippen molar-refractivity contribution in [1.29, 1.82) is 0 Å². The van der Waals surface area contributed by atoms with E-state index in [1.54, 1.807) is 0 Å². The highest BCUT2D eigenvalue weighted by Gasteiger charge is 2.21. The highest BCUT2D eigenvalue weighted by atomic mass is 32.1. The first kappa shape index (κ1) is 14.7. The van der Waals surface area contributed by atoms with Gasteiger partial charge < -0.3 is 5.32 Å². The number of nitro groups is 1. The van der Waals surface area contributed by atoms with Gasteiger partial charge in [0.2, 0.25) is 0 Å². The molecular formula is C16H16N2O3S. The minimum Gasteiger partial charge on any atom is -0.351 e. The Balaban J connectivity index is 1.65. The van der Waals surface area contributed by atoms with E-state index >= 15 is 0 Å². The summed E-state index contributed by atoms with van der Waals surface area (Å²) in [5, 5.41) is 13.6. The summed E-state index contributed by atoms with van der Waals surface area (Å²) in [7, 11) is 0. The van der Waals surface area contributed by atoms with Crippen molar-refractivity contribution < 1.29 is 9.72 Å². The SMILES string of the molecule is O=C(NCC1CCCc2ccccc21)c1ccc([N+](=O)[O-])s1. The average molecular weight is 316 g/mol. The molecule has 114 valence electrons. The summed E-state index contributed by atoms with van der Waals surface area (Å²) >= 11 is 0.910. The first-order chi connectivity index (χ1) is 10.6. The number of fused-ring (bicyclic) bond motifs is 1. The van der Waals surface area contributed by atoms with E-state index in [0.717, 1.165) is 30.6 Å². The van der Waals surface area contributed by atoms with E-state index in [-0.39, 0.29) is 10.9 Å². The van der Waals surface area contributed by atoms with E-state index in [1.807, 2.05) is 12.1 Å². The maximum atomic E-state index is 12.1. The number of thiophene rings is 1. The molecule has 1 aliphatic carbocycles. The number of aryl methyl sites for hydroxylation is 1. The van der Waals surface area contributed by atoms with E-state index in [2.05, 4.69) is 17.4 Å². The van der Waals surface area contributed by atoms with Crippen molar-refractivity contribution in [3.63, 3.8) is 0 Å². The molecule has 1 atom stereocenters. The molecule has 5 nitrogen and oxygen atoms in total. The van der Waals surface area contributed by atoms with E-state index in [1.165, 1.54) is 23.3 Å². The molecule has 1 aliphatic rings. The lowest BCUT2D eigenvalue weighted by molar-refractivity contribution is -0.380. The Morgan fingerprint density at radius 3 is 2.91 bits per heavy atom. The van der Waals surface area contributed by atoms with Crippen LogP contribution in [0.25, 0.3) is 0 Å². The zero-order valence-corrected chi connectivity index (χ0v) is 12.8. The van der Waals surface area contributed by atoms with E-state index in [4.69, 9.17) is 0 Å². The summed E-state index contributed by atoms with van der Waals surface area (Å²) < 4.78 is 0. The molecule has 0 spiro atoms. The summed E-state index contributed by atoms with van der Waals surface area (Å²) in [6, 6.07) is 11.2. The van der Waals surface area contributed by atoms with Crippen LogP contribution in [0.3, 0.4) is 0 Å². The van der Waals surface area contributed by atoms with Crippen LogP contribution in [0.1, 0.15) is 39.6 Å². The quantitative estimate of drug-likeness (QED) is 0.693. The molecule has 0 fully saturated rings. The minimum atomic E-state index is -0.473. The number of amides is 1. The van der Waals surface area contributed by atoms with Gasteiger partial charge in [0.15, 0.2) is 0 Å². The zero-order chi connectivity index (χ0) is 15.5. The normalized spacial score (nSPS) is 16.8. The third kappa shape index (κ3) is 3.01. The second kappa shape index (κ2) is 6.27. The number of carbonyl (C=O) groups is 1. The summed E-state index contributed by atoms with van der Waals surface area (Å²) in [4.78, 5) is 22.7. The molecule has 1 amide bonds. The highest BCUT2D eigenvalue weighted by molar-refractivity contribution is 7.17. The molecule has 0 bridgehead atoms. The van der Waals surface area contributed by atoms with Gasteiger partial charge in [-0.15, -0.1) is 0 Å². The molecule has 6 heteroatoms. The van der Waals surface area contributed by atoms with Crippen LogP contribution < -0.4 is 5.32 Å². The smallest absolute Gasteiger partial charge is 0.324 e. The number of hydrogen-bond donors (Lipinski definition) is 1. The van der Waals surface area contributed by atoms with Crippen molar-refractivity contribution in [2.24, 2.45) is 0 Å². The Hall–Kier alpha value is -2.21. The summed E-state index contributed by atoms with van der Waals surface area (Å²) in [5.74, 6) is 0.0880. The van der Waals surface area contributed by atoms with Gasteiger partial charge in [-0.25, -0.2) is 0 Å². The molecule has 0 radical (unpaired) electrons. The van der Waals surface area contributed by atoms with Crippen LogP contribution in [-0.2, 0) is 6.42 Å². The van der Waals surface area contributed by atoms with Crippen molar-refractivity contribution >= 4 is 22.2 Å². The van der Waals surface area contributed by atoms with Crippen LogP contribution in [0.2, 0.25) is 0 Å². The van der Waals surface area contributed by atoms with Crippen LogP contribution in [-0.4, -0.2) is 17.4 Å². The molecule has 3 rings (SSSR count). The molecule has 1 aromatic heterocycles. The lowest BCUT2D eigenvalue weighted by Crippen LogP contribution is -2.29. The Kier molecular flexibility index (Phi) is 4.20. The van der Waals surface area contributed by atoms with Gasteiger partial charge in [0, 0.05) is 18.5 Å². The van der Waals surface area contributed by atoms with E-state index < -0.39 is 4.92 Å². The summed E-state index contributed by atoms with van der Waals surface area (Å²) in [5.41, 5.74) is 2.67. The molecule has 22 heavy (non-hydrogen) atoms. The predicted molar refractivity (Wildman–Crippen MR) is 85.4 cm³/mol. The number of rotatable bonds is 4. The summed E-state index contributed by atoms with van der Waals surface area (Å²) in [6.45, 7) is 0.571. The Morgan fingerprint density at radius 1 is 1.32 bits per heavy atom. The van der Waals surface area contributed by atoms with Crippen LogP contribution in [0.4, 0.5) is 5.00 Å². The lowest BCUT2D eigenvalue weighted by Gasteiger charge is -2.25. The number of carbonyl (C=O) groups excluding carboxylic acids is 1. The van der Waals surface area contributed by atoms with Gasteiger partial charge in [-0.2, -0.15) is 0 Å². The maximum absolute atomic E-state index is 12.1. The molecule has 0 saturated carbocycles. The molecule has 0 aliphatic heterocycles. The molecule has 2 aromatic rings. The van der Waals surface area contributed by atoms with Gasteiger partial charge in [0.05, 0.1) is 9.80 Å². The minimum absolute atomic E-state index is 0.00633.